The number of rotatable bonds is 7. The van der Waals surface area contributed by atoms with Gasteiger partial charge in [-0.3, -0.25) is 0 Å². The quantitative estimate of drug-likeness (QED) is 0.580. The van der Waals surface area contributed by atoms with Crippen molar-refractivity contribution in [3.8, 4) is 0 Å². The van der Waals surface area contributed by atoms with Crippen molar-refractivity contribution >= 4 is 10.0 Å². The van der Waals surface area contributed by atoms with Gasteiger partial charge in [0.25, 0.3) is 0 Å². The third-order valence-electron chi connectivity index (χ3n) is 3.75. The number of piperidine rings is 1. The highest BCUT2D eigenvalue weighted by Crippen LogP contribution is 2.24. The van der Waals surface area contributed by atoms with Crippen LogP contribution in [0.5, 0.6) is 0 Å². The van der Waals surface area contributed by atoms with E-state index in [0.29, 0.717) is 25.0 Å². The predicted octanol–water partition coefficient (Wildman–Crippen LogP) is 2.38. The van der Waals surface area contributed by atoms with Gasteiger partial charge in [-0.1, -0.05) is 25.5 Å². The molecule has 0 radical (unpaired) electrons. The maximum atomic E-state index is 11.6. The molecule has 1 atom stereocenters. The number of nitrogens with one attached hydrogen (secondary N) is 1. The zero-order valence-corrected chi connectivity index (χ0v) is 14.2. The predicted molar refractivity (Wildman–Crippen MR) is 85.3 cm³/mol. The molecule has 1 unspecified atom stereocenters. The summed E-state index contributed by atoms with van der Waals surface area (Å²) in [6.45, 7) is 8.85. The van der Waals surface area contributed by atoms with Crippen LogP contribution in [-0.2, 0) is 10.0 Å². The highest BCUT2D eigenvalue weighted by molar-refractivity contribution is 7.88. The number of sulfonamides is 1. The van der Waals surface area contributed by atoms with Crippen LogP contribution in [0.15, 0.2) is 11.6 Å². The van der Waals surface area contributed by atoms with Crippen LogP contribution in [-0.4, -0.2) is 44.7 Å². The fourth-order valence-electron chi connectivity index (χ4n) is 2.72. The van der Waals surface area contributed by atoms with Gasteiger partial charge in [0.15, 0.2) is 0 Å². The zero-order chi connectivity index (χ0) is 15.2. The Bertz CT molecular complexity index is 416. The molecule has 0 aromatic heterocycles. The molecule has 0 saturated carbocycles. The van der Waals surface area contributed by atoms with Crippen LogP contribution >= 0.6 is 0 Å². The van der Waals surface area contributed by atoms with Crippen molar-refractivity contribution in [1.29, 1.82) is 0 Å². The van der Waals surface area contributed by atoms with Crippen LogP contribution in [0, 0.1) is 5.92 Å². The van der Waals surface area contributed by atoms with Crippen molar-refractivity contribution in [3.05, 3.63) is 11.6 Å². The summed E-state index contributed by atoms with van der Waals surface area (Å²) in [5.74, 6) is 0.479. The van der Waals surface area contributed by atoms with Crippen LogP contribution < -0.4 is 5.32 Å². The average Bonchev–Trinajstić information content (AvgIpc) is 2.34. The molecule has 118 valence electrons. The molecule has 5 heteroatoms. The van der Waals surface area contributed by atoms with Crippen molar-refractivity contribution in [2.45, 2.75) is 52.5 Å². The third-order valence-corrected chi connectivity index (χ3v) is 5.02. The first-order valence-corrected chi connectivity index (χ1v) is 9.48. The molecule has 1 heterocycles. The van der Waals surface area contributed by atoms with E-state index >= 15 is 0 Å². The Balaban J connectivity index is 2.37. The van der Waals surface area contributed by atoms with E-state index in [-0.39, 0.29) is 0 Å². The Labute approximate surface area is 124 Å². The molecule has 1 aliphatic heterocycles. The summed E-state index contributed by atoms with van der Waals surface area (Å²) in [6, 6.07) is 0.533. The van der Waals surface area contributed by atoms with E-state index in [1.807, 2.05) is 0 Å². The molecule has 1 saturated heterocycles. The topological polar surface area (TPSA) is 49.4 Å². The lowest BCUT2D eigenvalue weighted by Crippen LogP contribution is -2.39. The lowest BCUT2D eigenvalue weighted by molar-refractivity contribution is 0.266. The molecule has 0 amide bonds. The Morgan fingerprint density at radius 1 is 1.45 bits per heavy atom. The van der Waals surface area contributed by atoms with Crippen LogP contribution in [0.25, 0.3) is 0 Å². The zero-order valence-electron chi connectivity index (χ0n) is 13.4. The molecular formula is C15H30N2O2S. The minimum Gasteiger partial charge on any atom is -0.314 e. The van der Waals surface area contributed by atoms with E-state index in [1.165, 1.54) is 11.8 Å². The van der Waals surface area contributed by atoms with Gasteiger partial charge >= 0.3 is 0 Å². The first-order valence-electron chi connectivity index (χ1n) is 7.63. The van der Waals surface area contributed by atoms with Gasteiger partial charge in [0.2, 0.25) is 10.0 Å². The maximum Gasteiger partial charge on any atom is 0.211 e. The standard InChI is InChI=1S/C15H30N2O2S/c1-13(2)16-9-5-7-14(3)11-15-8-6-10-17(12-15)20(4,18)19/h7,13,15-16H,5-6,8-12H2,1-4H3. The van der Waals surface area contributed by atoms with Gasteiger partial charge in [0.1, 0.15) is 0 Å². The Morgan fingerprint density at radius 3 is 2.75 bits per heavy atom. The first kappa shape index (κ1) is 17.7. The van der Waals surface area contributed by atoms with Gasteiger partial charge < -0.3 is 5.32 Å². The Hall–Kier alpha value is -0.390. The van der Waals surface area contributed by atoms with Crippen molar-refractivity contribution in [2.75, 3.05) is 25.9 Å². The fraction of sp³-hybridized carbons (Fsp3) is 0.867. The summed E-state index contributed by atoms with van der Waals surface area (Å²) in [6.07, 6.45) is 7.80. The summed E-state index contributed by atoms with van der Waals surface area (Å²) in [4.78, 5) is 0. The summed E-state index contributed by atoms with van der Waals surface area (Å²) in [7, 11) is -3.02. The summed E-state index contributed by atoms with van der Waals surface area (Å²) in [5, 5.41) is 3.40. The molecule has 0 aromatic carbocycles. The van der Waals surface area contributed by atoms with E-state index in [9.17, 15) is 8.42 Å². The van der Waals surface area contributed by atoms with Gasteiger partial charge in [-0.2, -0.15) is 0 Å². The molecule has 1 rings (SSSR count). The van der Waals surface area contributed by atoms with E-state index < -0.39 is 10.0 Å². The second kappa shape index (κ2) is 8.15. The third kappa shape index (κ3) is 6.86. The average molecular weight is 302 g/mol. The maximum absolute atomic E-state index is 11.6. The minimum absolute atomic E-state index is 0.479. The summed E-state index contributed by atoms with van der Waals surface area (Å²) >= 11 is 0. The summed E-state index contributed by atoms with van der Waals surface area (Å²) < 4.78 is 24.8. The molecule has 20 heavy (non-hydrogen) atoms. The van der Waals surface area contributed by atoms with Crippen molar-refractivity contribution in [1.82, 2.24) is 9.62 Å². The highest BCUT2D eigenvalue weighted by atomic mass is 32.2. The second-order valence-electron chi connectivity index (χ2n) is 6.28. The normalized spacial score (nSPS) is 22.4. The van der Waals surface area contributed by atoms with E-state index in [0.717, 1.165) is 32.2 Å². The van der Waals surface area contributed by atoms with E-state index in [2.05, 4.69) is 32.2 Å². The largest absolute Gasteiger partial charge is 0.314 e. The molecule has 1 fully saturated rings. The van der Waals surface area contributed by atoms with Crippen LogP contribution in [0.3, 0.4) is 0 Å². The monoisotopic (exact) mass is 302 g/mol. The summed E-state index contributed by atoms with van der Waals surface area (Å²) in [5.41, 5.74) is 1.39. The van der Waals surface area contributed by atoms with Crippen molar-refractivity contribution < 1.29 is 8.42 Å². The van der Waals surface area contributed by atoms with Crippen molar-refractivity contribution in [3.63, 3.8) is 0 Å². The fourth-order valence-corrected chi connectivity index (χ4v) is 3.67. The first-order chi connectivity index (χ1) is 9.29. The van der Waals surface area contributed by atoms with Gasteiger partial charge in [-0.15, -0.1) is 0 Å². The number of allylic oxidation sites excluding steroid dienone is 1. The lowest BCUT2D eigenvalue weighted by atomic mass is 9.92. The molecule has 0 aliphatic carbocycles. The van der Waals surface area contributed by atoms with Crippen molar-refractivity contribution in [2.24, 2.45) is 5.92 Å². The van der Waals surface area contributed by atoms with Crippen LogP contribution in [0.4, 0.5) is 0 Å². The van der Waals surface area contributed by atoms with E-state index in [4.69, 9.17) is 0 Å². The van der Waals surface area contributed by atoms with Gasteiger partial charge in [-0.05, 0) is 45.1 Å². The SMILES string of the molecule is CC(=CCCNC(C)C)CC1CCCN(S(C)(=O)=O)C1. The van der Waals surface area contributed by atoms with Crippen LogP contribution in [0.2, 0.25) is 0 Å². The van der Waals surface area contributed by atoms with Gasteiger partial charge in [-0.25, -0.2) is 12.7 Å². The number of hydrogen-bond acceptors (Lipinski definition) is 3. The van der Waals surface area contributed by atoms with E-state index in [1.54, 1.807) is 4.31 Å². The number of hydrogen-bond donors (Lipinski definition) is 1. The highest BCUT2D eigenvalue weighted by Gasteiger charge is 2.25. The molecule has 1 aliphatic rings. The Morgan fingerprint density at radius 2 is 2.15 bits per heavy atom. The molecule has 0 bridgehead atoms. The smallest absolute Gasteiger partial charge is 0.211 e. The number of nitrogens with zero attached hydrogens (tertiary/aromatic N) is 1. The molecule has 4 nitrogen and oxygen atoms in total. The van der Waals surface area contributed by atoms with Gasteiger partial charge in [0.05, 0.1) is 6.26 Å². The molecule has 1 N–H and O–H groups in total. The molecule has 0 aromatic rings. The van der Waals surface area contributed by atoms with Gasteiger partial charge in [0, 0.05) is 19.1 Å². The second-order valence-corrected chi connectivity index (χ2v) is 8.26. The van der Waals surface area contributed by atoms with Crippen LogP contribution in [0.1, 0.15) is 46.5 Å². The lowest BCUT2D eigenvalue weighted by Gasteiger charge is -2.31. The molecular weight excluding hydrogens is 272 g/mol. The molecule has 0 spiro atoms. The Kier molecular flexibility index (Phi) is 7.20. The minimum atomic E-state index is -3.02.